The first kappa shape index (κ1) is 15.4. The summed E-state index contributed by atoms with van der Waals surface area (Å²) in [7, 11) is 0. The molecule has 21 heavy (non-hydrogen) atoms. The molecule has 0 unspecified atom stereocenters. The van der Waals surface area contributed by atoms with Crippen molar-refractivity contribution in [2.24, 2.45) is 0 Å². The number of hydrogen-bond acceptors (Lipinski definition) is 3. The fraction of sp³-hybridized carbons (Fsp3) is 0.188. The fourth-order valence-corrected chi connectivity index (χ4v) is 1.90. The summed E-state index contributed by atoms with van der Waals surface area (Å²) >= 11 is 5.96. The predicted octanol–water partition coefficient (Wildman–Crippen LogP) is 2.95. The van der Waals surface area contributed by atoms with Crippen molar-refractivity contribution in [1.29, 1.82) is 0 Å². The average molecular weight is 305 g/mol. The van der Waals surface area contributed by atoms with Crippen LogP contribution in [-0.4, -0.2) is 25.6 Å². The number of para-hydroxylation sites is 2. The number of carbonyl (C=O) groups excluding carboxylic acids is 1. The second kappa shape index (κ2) is 8.29. The van der Waals surface area contributed by atoms with E-state index in [1.165, 1.54) is 0 Å². The van der Waals surface area contributed by atoms with Gasteiger partial charge in [0.05, 0.1) is 17.3 Å². The third-order valence-electron chi connectivity index (χ3n) is 2.72. The number of ether oxygens (including phenoxy) is 1. The maximum atomic E-state index is 11.7. The van der Waals surface area contributed by atoms with Crippen molar-refractivity contribution in [1.82, 2.24) is 5.32 Å². The van der Waals surface area contributed by atoms with Crippen molar-refractivity contribution >= 4 is 23.2 Å². The van der Waals surface area contributed by atoms with Gasteiger partial charge in [0, 0.05) is 6.54 Å². The topological polar surface area (TPSA) is 50.4 Å². The minimum atomic E-state index is -0.136. The molecular formula is C16H17ClN2O2. The number of nitrogens with one attached hydrogen (secondary N) is 2. The van der Waals surface area contributed by atoms with Gasteiger partial charge in [-0.05, 0) is 24.3 Å². The zero-order valence-corrected chi connectivity index (χ0v) is 12.3. The van der Waals surface area contributed by atoms with E-state index in [1.54, 1.807) is 12.1 Å². The van der Waals surface area contributed by atoms with Gasteiger partial charge in [-0.1, -0.05) is 41.9 Å². The van der Waals surface area contributed by atoms with Gasteiger partial charge in [0.25, 0.3) is 0 Å². The van der Waals surface area contributed by atoms with Crippen molar-refractivity contribution in [3.05, 3.63) is 59.6 Å². The molecule has 1 amide bonds. The highest BCUT2D eigenvalue weighted by Gasteiger charge is 2.04. The SMILES string of the molecule is O=C(CNCCOc1ccccc1)Nc1ccccc1Cl. The van der Waals surface area contributed by atoms with Crippen LogP contribution in [-0.2, 0) is 4.79 Å². The van der Waals surface area contributed by atoms with Crippen LogP contribution in [0.4, 0.5) is 5.69 Å². The number of amides is 1. The standard InChI is InChI=1S/C16H17ClN2O2/c17-14-8-4-5-9-15(14)19-16(20)12-18-10-11-21-13-6-2-1-3-7-13/h1-9,18H,10-12H2,(H,19,20). The van der Waals surface area contributed by atoms with Crippen LogP contribution >= 0.6 is 11.6 Å². The Kier molecular flexibility index (Phi) is 6.06. The lowest BCUT2D eigenvalue weighted by Crippen LogP contribution is -2.31. The second-order valence-corrected chi connectivity index (χ2v) is 4.77. The molecule has 5 heteroatoms. The quantitative estimate of drug-likeness (QED) is 0.773. The summed E-state index contributed by atoms with van der Waals surface area (Å²) in [6, 6.07) is 16.7. The van der Waals surface area contributed by atoms with Crippen molar-refractivity contribution in [2.75, 3.05) is 25.0 Å². The monoisotopic (exact) mass is 304 g/mol. The van der Waals surface area contributed by atoms with Crippen LogP contribution in [0.25, 0.3) is 0 Å². The van der Waals surface area contributed by atoms with Crippen molar-refractivity contribution in [2.45, 2.75) is 0 Å². The minimum absolute atomic E-state index is 0.136. The highest BCUT2D eigenvalue weighted by molar-refractivity contribution is 6.33. The molecule has 4 nitrogen and oxygen atoms in total. The zero-order chi connectivity index (χ0) is 14.9. The van der Waals surface area contributed by atoms with E-state index in [-0.39, 0.29) is 12.5 Å². The van der Waals surface area contributed by atoms with Gasteiger partial charge in [0.15, 0.2) is 0 Å². The van der Waals surface area contributed by atoms with Crippen molar-refractivity contribution in [3.8, 4) is 5.75 Å². The number of anilines is 1. The van der Waals surface area contributed by atoms with Crippen LogP contribution < -0.4 is 15.4 Å². The van der Waals surface area contributed by atoms with E-state index in [1.807, 2.05) is 42.5 Å². The highest BCUT2D eigenvalue weighted by Crippen LogP contribution is 2.19. The lowest BCUT2D eigenvalue weighted by Gasteiger charge is -2.09. The lowest BCUT2D eigenvalue weighted by atomic mass is 10.3. The first-order valence-electron chi connectivity index (χ1n) is 6.68. The van der Waals surface area contributed by atoms with E-state index >= 15 is 0 Å². The largest absolute Gasteiger partial charge is 0.492 e. The Bertz CT molecular complexity index is 575. The summed E-state index contributed by atoms with van der Waals surface area (Å²) in [6.45, 7) is 1.30. The summed E-state index contributed by atoms with van der Waals surface area (Å²) < 4.78 is 5.51. The van der Waals surface area contributed by atoms with Crippen LogP contribution in [0.15, 0.2) is 54.6 Å². The van der Waals surface area contributed by atoms with E-state index in [0.29, 0.717) is 23.9 Å². The Hall–Kier alpha value is -2.04. The molecule has 0 heterocycles. The number of benzene rings is 2. The van der Waals surface area contributed by atoms with E-state index in [2.05, 4.69) is 10.6 Å². The van der Waals surface area contributed by atoms with E-state index < -0.39 is 0 Å². The van der Waals surface area contributed by atoms with Crippen LogP contribution in [0, 0.1) is 0 Å². The minimum Gasteiger partial charge on any atom is -0.492 e. The van der Waals surface area contributed by atoms with Gasteiger partial charge in [0.2, 0.25) is 5.91 Å². The van der Waals surface area contributed by atoms with Crippen LogP contribution in [0.2, 0.25) is 5.02 Å². The summed E-state index contributed by atoms with van der Waals surface area (Å²) in [5.41, 5.74) is 0.617. The smallest absolute Gasteiger partial charge is 0.238 e. The second-order valence-electron chi connectivity index (χ2n) is 4.37. The van der Waals surface area contributed by atoms with Gasteiger partial charge in [-0.2, -0.15) is 0 Å². The molecule has 0 saturated heterocycles. The van der Waals surface area contributed by atoms with Gasteiger partial charge in [0.1, 0.15) is 12.4 Å². The molecule has 2 N–H and O–H groups in total. The first-order valence-corrected chi connectivity index (χ1v) is 7.06. The molecule has 2 rings (SSSR count). The van der Waals surface area contributed by atoms with Crippen LogP contribution in [0.5, 0.6) is 5.75 Å². The number of rotatable bonds is 7. The number of carbonyl (C=O) groups is 1. The molecule has 110 valence electrons. The van der Waals surface area contributed by atoms with E-state index in [4.69, 9.17) is 16.3 Å². The predicted molar refractivity (Wildman–Crippen MR) is 84.9 cm³/mol. The maximum absolute atomic E-state index is 11.7. The number of halogens is 1. The van der Waals surface area contributed by atoms with Gasteiger partial charge in [-0.25, -0.2) is 0 Å². The molecule has 2 aromatic rings. The molecule has 0 spiro atoms. The van der Waals surface area contributed by atoms with E-state index in [9.17, 15) is 4.79 Å². The van der Waals surface area contributed by atoms with Crippen molar-refractivity contribution < 1.29 is 9.53 Å². The third kappa shape index (κ3) is 5.45. The molecule has 0 aliphatic carbocycles. The lowest BCUT2D eigenvalue weighted by molar-refractivity contribution is -0.115. The molecule has 0 fully saturated rings. The normalized spacial score (nSPS) is 10.1. The molecule has 0 aliphatic rings. The average Bonchev–Trinajstić information content (AvgIpc) is 2.50. The maximum Gasteiger partial charge on any atom is 0.238 e. The van der Waals surface area contributed by atoms with Crippen LogP contribution in [0.3, 0.4) is 0 Å². The molecule has 0 aliphatic heterocycles. The molecule has 0 aromatic heterocycles. The molecule has 0 bridgehead atoms. The molecule has 2 aromatic carbocycles. The summed E-state index contributed by atoms with van der Waals surface area (Å²) in [5.74, 6) is 0.683. The Morgan fingerprint density at radius 3 is 2.52 bits per heavy atom. The summed E-state index contributed by atoms with van der Waals surface area (Å²) in [5, 5.41) is 6.29. The Balaban J connectivity index is 1.63. The number of hydrogen-bond donors (Lipinski definition) is 2. The molecule has 0 saturated carbocycles. The fourth-order valence-electron chi connectivity index (χ4n) is 1.72. The van der Waals surface area contributed by atoms with E-state index in [0.717, 1.165) is 5.75 Å². The Morgan fingerprint density at radius 2 is 1.76 bits per heavy atom. The molecular weight excluding hydrogens is 288 g/mol. The molecule has 0 radical (unpaired) electrons. The van der Waals surface area contributed by atoms with Gasteiger partial charge < -0.3 is 15.4 Å². The highest BCUT2D eigenvalue weighted by atomic mass is 35.5. The van der Waals surface area contributed by atoms with Gasteiger partial charge >= 0.3 is 0 Å². The Morgan fingerprint density at radius 1 is 1.05 bits per heavy atom. The van der Waals surface area contributed by atoms with Crippen molar-refractivity contribution in [3.63, 3.8) is 0 Å². The zero-order valence-electron chi connectivity index (χ0n) is 11.5. The third-order valence-corrected chi connectivity index (χ3v) is 3.05. The molecule has 0 atom stereocenters. The summed E-state index contributed by atoms with van der Waals surface area (Å²) in [4.78, 5) is 11.7. The van der Waals surface area contributed by atoms with Gasteiger partial charge in [-0.15, -0.1) is 0 Å². The Labute approximate surface area is 129 Å². The van der Waals surface area contributed by atoms with Crippen LogP contribution in [0.1, 0.15) is 0 Å². The van der Waals surface area contributed by atoms with Gasteiger partial charge in [-0.3, -0.25) is 4.79 Å². The first-order chi connectivity index (χ1) is 10.3. The summed E-state index contributed by atoms with van der Waals surface area (Å²) in [6.07, 6.45) is 0.